The number of benzene rings is 2. The van der Waals surface area contributed by atoms with Gasteiger partial charge >= 0.3 is 0 Å². The van der Waals surface area contributed by atoms with E-state index < -0.39 is 0 Å². The van der Waals surface area contributed by atoms with Crippen molar-refractivity contribution in [2.75, 3.05) is 27.3 Å². The van der Waals surface area contributed by atoms with Gasteiger partial charge in [-0.25, -0.2) is 18.7 Å². The van der Waals surface area contributed by atoms with Crippen molar-refractivity contribution in [1.29, 1.82) is 0 Å². The molecular weight excluding hydrogens is 634 g/mol. The molecule has 0 bridgehead atoms. The maximum absolute atomic E-state index is 13.8. The lowest BCUT2D eigenvalue weighted by Gasteiger charge is -2.19. The number of pyridine rings is 2. The SMILES string of the molecule is COc1ccc(F)cc1-c1ccnc2[nH]c(C3=CCN[C@H](C)C3)cc12.COc1ccc(F)cc1-c1ccnc2[nH]c(C3=C[C@@H](C)NCC3)cc12. The van der Waals surface area contributed by atoms with E-state index in [1.165, 1.54) is 35.4 Å². The zero-order valence-corrected chi connectivity index (χ0v) is 28.5. The minimum absolute atomic E-state index is 0.286. The molecule has 0 aliphatic carbocycles. The number of aromatic amines is 2. The second-order valence-electron chi connectivity index (χ2n) is 12.7. The third-order valence-corrected chi connectivity index (χ3v) is 9.31. The molecule has 0 radical (unpaired) electrons. The van der Waals surface area contributed by atoms with Crippen LogP contribution in [0.1, 0.15) is 38.1 Å². The highest BCUT2D eigenvalue weighted by molar-refractivity contribution is 5.98. The van der Waals surface area contributed by atoms with Crippen molar-refractivity contribution in [3.8, 4) is 33.8 Å². The van der Waals surface area contributed by atoms with E-state index in [0.29, 0.717) is 23.6 Å². The van der Waals surface area contributed by atoms with E-state index in [-0.39, 0.29) is 11.6 Å². The largest absolute Gasteiger partial charge is 0.496 e. The summed E-state index contributed by atoms with van der Waals surface area (Å²) in [5.74, 6) is 0.718. The second-order valence-corrected chi connectivity index (χ2v) is 12.7. The first kappa shape index (κ1) is 33.2. The smallest absolute Gasteiger partial charge is 0.138 e. The van der Waals surface area contributed by atoms with Crippen molar-refractivity contribution in [1.82, 2.24) is 30.6 Å². The number of methoxy groups -OCH3 is 2. The summed E-state index contributed by atoms with van der Waals surface area (Å²) < 4.78 is 38.5. The van der Waals surface area contributed by atoms with Crippen molar-refractivity contribution >= 4 is 33.2 Å². The van der Waals surface area contributed by atoms with Crippen molar-refractivity contribution in [2.45, 2.75) is 38.8 Å². The van der Waals surface area contributed by atoms with Crippen LogP contribution in [0, 0.1) is 11.6 Å². The van der Waals surface area contributed by atoms with Crippen LogP contribution in [0.25, 0.3) is 55.5 Å². The van der Waals surface area contributed by atoms with Gasteiger partial charge in [0.1, 0.15) is 34.4 Å². The van der Waals surface area contributed by atoms with Crippen LogP contribution in [0.5, 0.6) is 11.5 Å². The Hall–Kier alpha value is -5.32. The number of H-pyrrole nitrogens is 2. The highest BCUT2D eigenvalue weighted by Gasteiger charge is 2.19. The lowest BCUT2D eigenvalue weighted by Crippen LogP contribution is -2.29. The van der Waals surface area contributed by atoms with E-state index in [1.54, 1.807) is 38.7 Å². The van der Waals surface area contributed by atoms with Crippen LogP contribution in [0.2, 0.25) is 0 Å². The summed E-state index contributed by atoms with van der Waals surface area (Å²) in [6.07, 6.45) is 9.84. The van der Waals surface area contributed by atoms with Gasteiger partial charge in [0, 0.05) is 64.3 Å². The number of halogens is 2. The number of aromatic nitrogens is 4. The van der Waals surface area contributed by atoms with Crippen molar-refractivity contribution in [2.24, 2.45) is 0 Å². The molecule has 10 heteroatoms. The molecule has 50 heavy (non-hydrogen) atoms. The van der Waals surface area contributed by atoms with Crippen LogP contribution < -0.4 is 20.1 Å². The first-order valence-electron chi connectivity index (χ1n) is 16.8. The molecule has 2 aromatic carbocycles. The van der Waals surface area contributed by atoms with Gasteiger partial charge in [0.15, 0.2) is 0 Å². The number of hydrogen-bond donors (Lipinski definition) is 4. The molecular formula is C40H40F2N6O2. The predicted octanol–water partition coefficient (Wildman–Crippen LogP) is 8.29. The minimum atomic E-state index is -0.286. The number of nitrogens with one attached hydrogen (secondary N) is 4. The Bertz CT molecular complexity index is 2240. The monoisotopic (exact) mass is 674 g/mol. The Morgan fingerprint density at radius 1 is 0.680 bits per heavy atom. The summed E-state index contributed by atoms with van der Waals surface area (Å²) in [6, 6.07) is 17.9. The fraction of sp³-hybridized carbons (Fsp3) is 0.250. The van der Waals surface area contributed by atoms with Crippen molar-refractivity contribution in [3.63, 3.8) is 0 Å². The first-order chi connectivity index (χ1) is 24.3. The fourth-order valence-electron chi connectivity index (χ4n) is 6.84. The van der Waals surface area contributed by atoms with Crippen molar-refractivity contribution in [3.05, 3.63) is 108 Å². The summed E-state index contributed by atoms with van der Waals surface area (Å²) in [7, 11) is 3.19. The Labute approximate surface area is 289 Å². The molecule has 0 saturated heterocycles. The Kier molecular flexibility index (Phi) is 9.47. The molecule has 4 N–H and O–H groups in total. The van der Waals surface area contributed by atoms with Gasteiger partial charge in [-0.05, 0) is 116 Å². The van der Waals surface area contributed by atoms with Gasteiger partial charge in [-0.3, -0.25) is 0 Å². The molecule has 0 saturated carbocycles. The number of rotatable bonds is 6. The van der Waals surface area contributed by atoms with E-state index in [2.05, 4.69) is 68.7 Å². The number of nitrogens with zero attached hydrogens (tertiary/aromatic N) is 2. The Morgan fingerprint density at radius 2 is 1.24 bits per heavy atom. The lowest BCUT2D eigenvalue weighted by atomic mass is 9.99. The predicted molar refractivity (Wildman–Crippen MR) is 196 cm³/mol. The molecule has 0 unspecified atom stereocenters. The van der Waals surface area contributed by atoms with Crippen LogP contribution in [-0.4, -0.2) is 59.3 Å². The maximum atomic E-state index is 13.8. The lowest BCUT2D eigenvalue weighted by molar-refractivity contribution is 0.415. The summed E-state index contributed by atoms with van der Waals surface area (Å²) in [5.41, 5.74) is 9.57. The van der Waals surface area contributed by atoms with Gasteiger partial charge in [-0.2, -0.15) is 0 Å². The average molecular weight is 675 g/mol. The fourth-order valence-corrected chi connectivity index (χ4v) is 6.84. The van der Waals surface area contributed by atoms with E-state index in [9.17, 15) is 8.78 Å². The van der Waals surface area contributed by atoms with Crippen LogP contribution in [-0.2, 0) is 0 Å². The molecule has 8 nitrogen and oxygen atoms in total. The highest BCUT2D eigenvalue weighted by atomic mass is 19.1. The molecule has 0 spiro atoms. The Balaban J connectivity index is 0.000000157. The molecule has 0 fully saturated rings. The van der Waals surface area contributed by atoms with Crippen LogP contribution in [0.15, 0.2) is 85.2 Å². The summed E-state index contributed by atoms with van der Waals surface area (Å²) in [6.45, 7) is 6.14. The molecule has 2 aliphatic rings. The van der Waals surface area contributed by atoms with Crippen LogP contribution in [0.3, 0.4) is 0 Å². The topological polar surface area (TPSA) is 99.9 Å². The van der Waals surface area contributed by atoms with Gasteiger partial charge in [-0.1, -0.05) is 12.2 Å². The number of hydrogen-bond acceptors (Lipinski definition) is 6. The third kappa shape index (κ3) is 6.77. The molecule has 6 aromatic rings. The number of ether oxygens (including phenoxy) is 2. The van der Waals surface area contributed by atoms with E-state index in [0.717, 1.165) is 81.6 Å². The standard InChI is InChI=1S/2C20H20FN3O/c2*1-12-9-13(5-7-22-12)18-11-17-15(6-8-23-20(17)24-18)16-10-14(21)3-4-19(16)25-2/h3-4,6,8-12,22H,5,7H2,1-2H3,(H,23,24);3-6,8,10-12,22H,7,9H2,1-2H3,(H,23,24)/t2*12-/m11/s1. The zero-order valence-electron chi connectivity index (χ0n) is 28.5. The molecule has 4 aromatic heterocycles. The van der Waals surface area contributed by atoms with Gasteiger partial charge in [0.05, 0.1) is 14.2 Å². The average Bonchev–Trinajstić information content (AvgIpc) is 3.77. The van der Waals surface area contributed by atoms with E-state index in [4.69, 9.17) is 9.47 Å². The molecule has 2 atom stereocenters. The van der Waals surface area contributed by atoms with Crippen LogP contribution in [0.4, 0.5) is 8.78 Å². The molecule has 6 heterocycles. The first-order valence-corrected chi connectivity index (χ1v) is 16.8. The van der Waals surface area contributed by atoms with Gasteiger partial charge in [0.25, 0.3) is 0 Å². The van der Waals surface area contributed by atoms with Gasteiger partial charge < -0.3 is 30.1 Å². The van der Waals surface area contributed by atoms with E-state index >= 15 is 0 Å². The van der Waals surface area contributed by atoms with Crippen molar-refractivity contribution < 1.29 is 18.3 Å². The molecule has 2 aliphatic heterocycles. The van der Waals surface area contributed by atoms with E-state index in [1.807, 2.05) is 12.1 Å². The summed E-state index contributed by atoms with van der Waals surface area (Å²) in [5, 5.41) is 8.75. The molecule has 8 rings (SSSR count). The summed E-state index contributed by atoms with van der Waals surface area (Å²) in [4.78, 5) is 15.7. The highest BCUT2D eigenvalue weighted by Crippen LogP contribution is 2.38. The Morgan fingerprint density at radius 3 is 1.76 bits per heavy atom. The molecule has 0 amide bonds. The minimum Gasteiger partial charge on any atom is -0.496 e. The quantitative estimate of drug-likeness (QED) is 0.142. The van der Waals surface area contributed by atoms with Gasteiger partial charge in [-0.15, -0.1) is 0 Å². The maximum Gasteiger partial charge on any atom is 0.138 e. The molecule has 256 valence electrons. The second kappa shape index (κ2) is 14.3. The number of fused-ring (bicyclic) bond motifs is 2. The normalized spacial score (nSPS) is 17.6. The van der Waals surface area contributed by atoms with Gasteiger partial charge in [0.2, 0.25) is 0 Å². The summed E-state index contributed by atoms with van der Waals surface area (Å²) >= 11 is 0. The zero-order chi connectivity index (χ0) is 34.8. The van der Waals surface area contributed by atoms with Crippen LogP contribution >= 0.6 is 0 Å². The third-order valence-electron chi connectivity index (χ3n) is 9.31.